The summed E-state index contributed by atoms with van der Waals surface area (Å²) in [5, 5.41) is 9.88. The van der Waals surface area contributed by atoms with Gasteiger partial charge in [-0.3, -0.25) is 0 Å². The molecule has 0 bridgehead atoms. The van der Waals surface area contributed by atoms with Crippen molar-refractivity contribution in [1.29, 1.82) is 0 Å². The molecule has 3 rings (SSSR count). The van der Waals surface area contributed by atoms with Crippen molar-refractivity contribution < 1.29 is 22.7 Å². The predicted octanol–water partition coefficient (Wildman–Crippen LogP) is 4.13. The van der Waals surface area contributed by atoms with E-state index in [1.807, 2.05) is 20.8 Å². The maximum absolute atomic E-state index is 13.9. The van der Waals surface area contributed by atoms with Crippen LogP contribution in [0.1, 0.15) is 53.9 Å². The highest BCUT2D eigenvalue weighted by molar-refractivity contribution is 5.88. The summed E-state index contributed by atoms with van der Waals surface area (Å²) in [5.41, 5.74) is -0.0816. The monoisotopic (exact) mass is 421 g/mol. The maximum Gasteiger partial charge on any atom is 0.416 e. The van der Waals surface area contributed by atoms with Gasteiger partial charge in [-0.05, 0) is 18.6 Å². The van der Waals surface area contributed by atoms with Gasteiger partial charge in [0.05, 0.1) is 18.9 Å². The number of aromatic nitrogens is 5. The molecule has 1 N–H and O–H groups in total. The number of H-pyrrole nitrogens is 1. The number of nitrogens with zero attached hydrogens (tertiary/aromatic N) is 4. The van der Waals surface area contributed by atoms with Gasteiger partial charge >= 0.3 is 12.1 Å². The normalized spacial score (nSPS) is 12.3. The molecule has 1 aromatic carbocycles. The van der Waals surface area contributed by atoms with E-state index in [1.54, 1.807) is 17.6 Å². The summed E-state index contributed by atoms with van der Waals surface area (Å²) in [5.74, 6) is -0.136. The fourth-order valence-corrected chi connectivity index (χ4v) is 3.24. The van der Waals surface area contributed by atoms with Crippen LogP contribution in [0.25, 0.3) is 11.3 Å². The van der Waals surface area contributed by atoms with Gasteiger partial charge < -0.3 is 9.30 Å². The van der Waals surface area contributed by atoms with Gasteiger partial charge in [0.15, 0.2) is 5.69 Å². The number of imidazole rings is 1. The van der Waals surface area contributed by atoms with Gasteiger partial charge in [-0.15, -0.1) is 0 Å². The van der Waals surface area contributed by atoms with E-state index in [-0.39, 0.29) is 17.8 Å². The molecule has 10 heteroatoms. The average Bonchev–Trinajstić information content (AvgIpc) is 3.29. The van der Waals surface area contributed by atoms with Gasteiger partial charge in [0.2, 0.25) is 0 Å². The van der Waals surface area contributed by atoms with Crippen LogP contribution >= 0.6 is 0 Å². The van der Waals surface area contributed by atoms with Gasteiger partial charge in [-0.1, -0.05) is 32.9 Å². The molecule has 3 aromatic rings. The second kappa shape index (κ2) is 7.58. The van der Waals surface area contributed by atoms with Crippen LogP contribution in [-0.4, -0.2) is 38.0 Å². The third-order valence-electron chi connectivity index (χ3n) is 4.73. The first-order valence-electron chi connectivity index (χ1n) is 9.15. The second-order valence-corrected chi connectivity index (χ2v) is 7.92. The highest BCUT2D eigenvalue weighted by atomic mass is 19.4. The Morgan fingerprint density at radius 1 is 1.23 bits per heavy atom. The highest BCUT2D eigenvalue weighted by Crippen LogP contribution is 2.36. The summed E-state index contributed by atoms with van der Waals surface area (Å²) in [4.78, 5) is 16.5. The Bertz CT molecular complexity index is 1060. The molecule has 0 radical (unpaired) electrons. The molecule has 0 aliphatic heterocycles. The number of halogens is 3. The summed E-state index contributed by atoms with van der Waals surface area (Å²) in [7, 11) is 1.24. The van der Waals surface area contributed by atoms with Crippen LogP contribution in [0.15, 0.2) is 24.4 Å². The molecule has 2 heterocycles. The zero-order valence-corrected chi connectivity index (χ0v) is 17.3. The Labute approximate surface area is 171 Å². The van der Waals surface area contributed by atoms with Crippen molar-refractivity contribution in [2.24, 2.45) is 0 Å². The first-order chi connectivity index (χ1) is 13.9. The molecule has 160 valence electrons. The molecule has 0 aliphatic carbocycles. The first-order valence-corrected chi connectivity index (χ1v) is 9.15. The van der Waals surface area contributed by atoms with E-state index in [2.05, 4.69) is 20.4 Å². The number of carbonyl (C=O) groups excluding carboxylic acids is 1. The molecule has 0 aliphatic rings. The molecule has 0 saturated carbocycles. The molecule has 0 spiro atoms. The Balaban J connectivity index is 2.14. The van der Waals surface area contributed by atoms with E-state index in [0.717, 1.165) is 6.07 Å². The van der Waals surface area contributed by atoms with Gasteiger partial charge in [-0.25, -0.2) is 9.78 Å². The van der Waals surface area contributed by atoms with E-state index in [4.69, 9.17) is 4.74 Å². The molecule has 30 heavy (non-hydrogen) atoms. The number of hydrogen-bond donors (Lipinski definition) is 1. The Morgan fingerprint density at radius 2 is 1.93 bits per heavy atom. The highest BCUT2D eigenvalue weighted by Gasteiger charge is 2.35. The number of rotatable bonds is 4. The van der Waals surface area contributed by atoms with Crippen LogP contribution < -0.4 is 0 Å². The zero-order valence-electron chi connectivity index (χ0n) is 17.3. The van der Waals surface area contributed by atoms with Gasteiger partial charge in [0.25, 0.3) is 0 Å². The quantitative estimate of drug-likeness (QED) is 0.641. The lowest BCUT2D eigenvalue weighted by molar-refractivity contribution is -0.138. The van der Waals surface area contributed by atoms with Crippen LogP contribution in [0.2, 0.25) is 0 Å². The molecule has 0 unspecified atom stereocenters. The molecule has 2 aromatic heterocycles. The average molecular weight is 421 g/mol. The number of carbonyl (C=O) groups is 1. The molecular weight excluding hydrogens is 399 g/mol. The maximum atomic E-state index is 13.9. The number of methoxy groups -OCH3 is 1. The summed E-state index contributed by atoms with van der Waals surface area (Å²) in [6.07, 6.45) is -3.22. The Hall–Kier alpha value is -3.17. The van der Waals surface area contributed by atoms with Crippen LogP contribution in [0, 0.1) is 6.92 Å². The molecular formula is C20H22F3N5O2. The number of nitrogens with one attached hydrogen (secondary N) is 1. The predicted molar refractivity (Wildman–Crippen MR) is 103 cm³/mol. The second-order valence-electron chi connectivity index (χ2n) is 7.92. The molecule has 0 atom stereocenters. The number of aromatic amines is 1. The van der Waals surface area contributed by atoms with E-state index in [0.29, 0.717) is 22.8 Å². The van der Waals surface area contributed by atoms with E-state index >= 15 is 0 Å². The van der Waals surface area contributed by atoms with Crippen molar-refractivity contribution in [1.82, 2.24) is 25.0 Å². The minimum atomic E-state index is -4.57. The van der Waals surface area contributed by atoms with Crippen molar-refractivity contribution in [3.8, 4) is 11.3 Å². The minimum absolute atomic E-state index is 0.0529. The van der Waals surface area contributed by atoms with Crippen molar-refractivity contribution in [3.05, 3.63) is 52.7 Å². The van der Waals surface area contributed by atoms with Crippen molar-refractivity contribution in [2.75, 3.05) is 7.11 Å². The van der Waals surface area contributed by atoms with Crippen LogP contribution in [0.4, 0.5) is 13.2 Å². The van der Waals surface area contributed by atoms with Crippen LogP contribution in [0.3, 0.4) is 0 Å². The zero-order chi connectivity index (χ0) is 22.3. The van der Waals surface area contributed by atoms with E-state index < -0.39 is 23.1 Å². The van der Waals surface area contributed by atoms with Crippen molar-refractivity contribution in [2.45, 2.75) is 45.8 Å². The first kappa shape index (κ1) is 21.5. The third-order valence-corrected chi connectivity index (χ3v) is 4.73. The topological polar surface area (TPSA) is 85.7 Å². The lowest BCUT2D eigenvalue weighted by Gasteiger charge is -2.22. The number of esters is 1. The lowest BCUT2D eigenvalue weighted by atomic mass is 9.95. The van der Waals surface area contributed by atoms with Crippen molar-refractivity contribution in [3.63, 3.8) is 0 Å². The lowest BCUT2D eigenvalue weighted by Crippen LogP contribution is -2.21. The molecule has 7 nitrogen and oxygen atoms in total. The standard InChI is InChI=1S/C20H22F3N5O2/c1-11-16(17(29)30-5)25-18(19(2,3)4)28(11)10-13-7-6-12(15-9-24-27-26-15)8-14(13)20(21,22)23/h6-9H,10H2,1-5H3,(H,24,26,27). The fraction of sp³-hybridized carbons (Fsp3) is 0.400. The van der Waals surface area contributed by atoms with Crippen molar-refractivity contribution >= 4 is 5.97 Å². The molecule has 0 amide bonds. The Morgan fingerprint density at radius 3 is 2.47 bits per heavy atom. The van der Waals surface area contributed by atoms with Crippen LogP contribution in [0.5, 0.6) is 0 Å². The minimum Gasteiger partial charge on any atom is -0.464 e. The molecule has 0 fully saturated rings. The SMILES string of the molecule is COC(=O)c1nc(C(C)(C)C)n(Cc2ccc(-c3cn[nH]n3)cc2C(F)(F)F)c1C. The van der Waals surface area contributed by atoms with Crippen LogP contribution in [-0.2, 0) is 22.9 Å². The Kier molecular flexibility index (Phi) is 5.44. The molecule has 0 saturated heterocycles. The number of hydrogen-bond acceptors (Lipinski definition) is 5. The van der Waals surface area contributed by atoms with E-state index in [1.165, 1.54) is 19.4 Å². The number of ether oxygens (including phenoxy) is 1. The largest absolute Gasteiger partial charge is 0.464 e. The fourth-order valence-electron chi connectivity index (χ4n) is 3.24. The smallest absolute Gasteiger partial charge is 0.416 e. The van der Waals surface area contributed by atoms with Gasteiger partial charge in [-0.2, -0.15) is 28.6 Å². The number of alkyl halides is 3. The summed E-state index contributed by atoms with van der Waals surface area (Å²) < 4.78 is 48.0. The summed E-state index contributed by atoms with van der Waals surface area (Å²) in [6.45, 7) is 7.18. The van der Waals surface area contributed by atoms with E-state index in [9.17, 15) is 18.0 Å². The van der Waals surface area contributed by atoms with Gasteiger partial charge in [0, 0.05) is 23.2 Å². The van der Waals surface area contributed by atoms with Gasteiger partial charge in [0.1, 0.15) is 11.5 Å². The number of benzene rings is 1. The summed E-state index contributed by atoms with van der Waals surface area (Å²) >= 11 is 0. The third kappa shape index (κ3) is 4.07. The summed E-state index contributed by atoms with van der Waals surface area (Å²) in [6, 6.07) is 4.03.